The van der Waals surface area contributed by atoms with Gasteiger partial charge >= 0.3 is 0 Å². The van der Waals surface area contributed by atoms with Crippen molar-refractivity contribution in [3.8, 4) is 5.75 Å². The summed E-state index contributed by atoms with van der Waals surface area (Å²) in [7, 11) is 1.58. The topological polar surface area (TPSA) is 80.5 Å². The average Bonchev–Trinajstić information content (AvgIpc) is 2.67. The van der Waals surface area contributed by atoms with Crippen LogP contribution in [0.25, 0.3) is 0 Å². The molecule has 1 unspecified atom stereocenters. The Labute approximate surface area is 149 Å². The molecule has 0 aliphatic heterocycles. The summed E-state index contributed by atoms with van der Waals surface area (Å²) in [5.74, 6) is 1.38. The second kappa shape index (κ2) is 9.03. The van der Waals surface area contributed by atoms with Gasteiger partial charge in [0.1, 0.15) is 17.6 Å². The number of benzene rings is 1. The Morgan fingerprint density at radius 1 is 1.28 bits per heavy atom. The van der Waals surface area contributed by atoms with Crippen LogP contribution in [-0.4, -0.2) is 31.1 Å². The van der Waals surface area contributed by atoms with Crippen molar-refractivity contribution in [2.45, 2.75) is 26.4 Å². The van der Waals surface area contributed by atoms with E-state index in [1.807, 2.05) is 30.3 Å². The first-order chi connectivity index (χ1) is 12.1. The van der Waals surface area contributed by atoms with E-state index in [9.17, 15) is 4.79 Å². The molecule has 3 N–H and O–H groups in total. The van der Waals surface area contributed by atoms with Crippen LogP contribution in [0.1, 0.15) is 31.0 Å². The zero-order chi connectivity index (χ0) is 18.2. The second-order valence-corrected chi connectivity index (χ2v) is 5.67. The molecule has 0 saturated heterocycles. The molecule has 1 atom stereocenters. The molecule has 0 bridgehead atoms. The fraction of sp³-hybridized carbons (Fsp3) is 0.368. The number of hydrogen-bond donors (Lipinski definition) is 2. The second-order valence-electron chi connectivity index (χ2n) is 5.67. The molecule has 6 heteroatoms. The van der Waals surface area contributed by atoms with Crippen molar-refractivity contribution in [3.63, 3.8) is 0 Å². The summed E-state index contributed by atoms with van der Waals surface area (Å²) in [6.45, 7) is 6.41. The summed E-state index contributed by atoms with van der Waals surface area (Å²) < 4.78 is 5.16. The summed E-state index contributed by atoms with van der Waals surface area (Å²) in [5, 5.41) is 2.85. The van der Waals surface area contributed by atoms with Gasteiger partial charge in [0.25, 0.3) is 0 Å². The smallest absolute Gasteiger partial charge is 0.241 e. The number of carbonyl (C=O) groups excluding carboxylic acids is 1. The Morgan fingerprint density at radius 3 is 2.64 bits per heavy atom. The van der Waals surface area contributed by atoms with Gasteiger partial charge in [-0.25, -0.2) is 4.98 Å². The van der Waals surface area contributed by atoms with Crippen LogP contribution in [0.15, 0.2) is 42.6 Å². The highest BCUT2D eigenvalue weighted by molar-refractivity contribution is 5.83. The van der Waals surface area contributed by atoms with Crippen LogP contribution < -0.4 is 20.7 Å². The molecule has 0 radical (unpaired) electrons. The first kappa shape index (κ1) is 18.7. The third kappa shape index (κ3) is 4.93. The van der Waals surface area contributed by atoms with Gasteiger partial charge in [0.2, 0.25) is 5.91 Å². The SMILES string of the molecule is CCN(CC)c1ccc(CNC(=O)C(N)c2cccc(OC)c2)cn1. The standard InChI is InChI=1S/C19H26N4O2/c1-4-23(5-2)17-10-9-14(12-21-17)13-22-19(24)18(20)15-7-6-8-16(11-15)25-3/h6-12,18H,4-5,13,20H2,1-3H3,(H,22,24). The van der Waals surface area contributed by atoms with Crippen molar-refractivity contribution in [3.05, 3.63) is 53.7 Å². The average molecular weight is 342 g/mol. The molecular weight excluding hydrogens is 316 g/mol. The van der Waals surface area contributed by atoms with E-state index in [4.69, 9.17) is 10.5 Å². The molecule has 1 aromatic heterocycles. The zero-order valence-corrected chi connectivity index (χ0v) is 15.0. The van der Waals surface area contributed by atoms with Gasteiger partial charge in [0.05, 0.1) is 7.11 Å². The van der Waals surface area contributed by atoms with Gasteiger partial charge in [0.15, 0.2) is 0 Å². The van der Waals surface area contributed by atoms with Gasteiger partial charge in [-0.3, -0.25) is 4.79 Å². The number of anilines is 1. The number of nitrogens with two attached hydrogens (primary N) is 1. The maximum absolute atomic E-state index is 12.3. The lowest BCUT2D eigenvalue weighted by molar-refractivity contribution is -0.122. The molecule has 25 heavy (non-hydrogen) atoms. The van der Waals surface area contributed by atoms with Crippen LogP contribution in [0, 0.1) is 0 Å². The van der Waals surface area contributed by atoms with Crippen molar-refractivity contribution in [1.29, 1.82) is 0 Å². The monoisotopic (exact) mass is 342 g/mol. The highest BCUT2D eigenvalue weighted by atomic mass is 16.5. The minimum absolute atomic E-state index is 0.235. The van der Waals surface area contributed by atoms with Crippen LogP contribution >= 0.6 is 0 Å². The summed E-state index contributed by atoms with van der Waals surface area (Å²) in [4.78, 5) is 18.9. The lowest BCUT2D eigenvalue weighted by Gasteiger charge is -2.19. The van der Waals surface area contributed by atoms with Crippen LogP contribution in [0.5, 0.6) is 5.75 Å². The molecule has 0 saturated carbocycles. The van der Waals surface area contributed by atoms with E-state index in [0.29, 0.717) is 17.9 Å². The maximum atomic E-state index is 12.3. The molecular formula is C19H26N4O2. The van der Waals surface area contributed by atoms with E-state index >= 15 is 0 Å². The van der Waals surface area contributed by atoms with Crippen molar-refractivity contribution in [1.82, 2.24) is 10.3 Å². The van der Waals surface area contributed by atoms with E-state index in [2.05, 4.69) is 29.0 Å². The summed E-state index contributed by atoms with van der Waals surface area (Å²) in [5.41, 5.74) is 7.68. The van der Waals surface area contributed by atoms with Crippen LogP contribution in [0.2, 0.25) is 0 Å². The largest absolute Gasteiger partial charge is 0.497 e. The van der Waals surface area contributed by atoms with Gasteiger partial charge in [-0.05, 0) is 43.2 Å². The first-order valence-corrected chi connectivity index (χ1v) is 8.46. The maximum Gasteiger partial charge on any atom is 0.241 e. The molecule has 0 fully saturated rings. The van der Waals surface area contributed by atoms with E-state index < -0.39 is 6.04 Å². The zero-order valence-electron chi connectivity index (χ0n) is 15.0. The van der Waals surface area contributed by atoms with Crippen molar-refractivity contribution in [2.75, 3.05) is 25.1 Å². The normalized spacial score (nSPS) is 11.7. The number of nitrogens with one attached hydrogen (secondary N) is 1. The molecule has 1 aromatic carbocycles. The quantitative estimate of drug-likeness (QED) is 0.769. The van der Waals surface area contributed by atoms with Gasteiger partial charge in [-0.15, -0.1) is 0 Å². The third-order valence-electron chi connectivity index (χ3n) is 4.10. The molecule has 2 rings (SSSR count). The predicted octanol–water partition coefficient (Wildman–Crippen LogP) is 2.25. The summed E-state index contributed by atoms with van der Waals surface area (Å²) in [6, 6.07) is 10.4. The van der Waals surface area contributed by atoms with Gasteiger partial charge in [-0.1, -0.05) is 18.2 Å². The Hall–Kier alpha value is -2.60. The van der Waals surface area contributed by atoms with Gasteiger partial charge < -0.3 is 20.7 Å². The molecule has 0 spiro atoms. The van der Waals surface area contributed by atoms with Crippen molar-refractivity contribution >= 4 is 11.7 Å². The van der Waals surface area contributed by atoms with E-state index in [0.717, 1.165) is 24.5 Å². The number of ether oxygens (including phenoxy) is 1. The molecule has 6 nitrogen and oxygen atoms in total. The number of carbonyl (C=O) groups is 1. The molecule has 0 aliphatic carbocycles. The van der Waals surface area contributed by atoms with Crippen LogP contribution in [-0.2, 0) is 11.3 Å². The fourth-order valence-electron chi connectivity index (χ4n) is 2.54. The van der Waals surface area contributed by atoms with E-state index in [1.54, 1.807) is 19.4 Å². The van der Waals surface area contributed by atoms with Gasteiger partial charge in [0, 0.05) is 25.8 Å². The molecule has 134 valence electrons. The number of nitrogens with zero attached hydrogens (tertiary/aromatic N) is 2. The number of methoxy groups -OCH3 is 1. The number of hydrogen-bond acceptors (Lipinski definition) is 5. The van der Waals surface area contributed by atoms with E-state index in [1.165, 1.54) is 0 Å². The first-order valence-electron chi connectivity index (χ1n) is 8.46. The van der Waals surface area contributed by atoms with Crippen LogP contribution in [0.3, 0.4) is 0 Å². The molecule has 0 aliphatic rings. The summed E-state index contributed by atoms with van der Waals surface area (Å²) in [6.07, 6.45) is 1.78. The summed E-state index contributed by atoms with van der Waals surface area (Å²) >= 11 is 0. The Morgan fingerprint density at radius 2 is 2.04 bits per heavy atom. The predicted molar refractivity (Wildman–Crippen MR) is 99.6 cm³/mol. The minimum Gasteiger partial charge on any atom is -0.497 e. The lowest BCUT2D eigenvalue weighted by atomic mass is 10.1. The number of aromatic nitrogens is 1. The highest BCUT2D eigenvalue weighted by Crippen LogP contribution is 2.18. The molecule has 2 aromatic rings. The Kier molecular flexibility index (Phi) is 6.77. The Bertz CT molecular complexity index is 684. The van der Waals surface area contributed by atoms with Crippen molar-refractivity contribution in [2.24, 2.45) is 5.73 Å². The van der Waals surface area contributed by atoms with Crippen molar-refractivity contribution < 1.29 is 9.53 Å². The fourth-order valence-corrected chi connectivity index (χ4v) is 2.54. The lowest BCUT2D eigenvalue weighted by Crippen LogP contribution is -2.33. The highest BCUT2D eigenvalue weighted by Gasteiger charge is 2.16. The molecule has 1 heterocycles. The number of amides is 1. The minimum atomic E-state index is -0.738. The number of pyridine rings is 1. The third-order valence-corrected chi connectivity index (χ3v) is 4.10. The van der Waals surface area contributed by atoms with E-state index in [-0.39, 0.29) is 5.91 Å². The number of rotatable bonds is 8. The van der Waals surface area contributed by atoms with Gasteiger partial charge in [-0.2, -0.15) is 0 Å². The molecule has 1 amide bonds. The Balaban J connectivity index is 1.94. The van der Waals surface area contributed by atoms with Crippen LogP contribution in [0.4, 0.5) is 5.82 Å².